The van der Waals surface area contributed by atoms with E-state index in [1.54, 1.807) is 5.51 Å². The van der Waals surface area contributed by atoms with Crippen molar-refractivity contribution in [2.45, 2.75) is 46.2 Å². The van der Waals surface area contributed by atoms with Crippen LogP contribution in [-0.2, 0) is 11.3 Å². The summed E-state index contributed by atoms with van der Waals surface area (Å²) in [6.45, 7) is 6.56. The molecule has 6 nitrogen and oxygen atoms in total. The van der Waals surface area contributed by atoms with Gasteiger partial charge in [0.2, 0.25) is 0 Å². The molecule has 116 valence electrons. The fourth-order valence-corrected chi connectivity index (χ4v) is 3.55. The van der Waals surface area contributed by atoms with Crippen LogP contribution in [0.5, 0.6) is 0 Å². The first-order valence-corrected chi connectivity index (χ1v) is 7.87. The molecule has 7 heteroatoms. The van der Waals surface area contributed by atoms with Gasteiger partial charge in [-0.3, -0.25) is 0 Å². The van der Waals surface area contributed by atoms with Gasteiger partial charge in [-0.15, -0.1) is 11.3 Å². The Balaban J connectivity index is 2.06. The van der Waals surface area contributed by atoms with Crippen LogP contribution in [0.3, 0.4) is 0 Å². The van der Waals surface area contributed by atoms with Crippen LogP contribution >= 0.6 is 11.3 Å². The van der Waals surface area contributed by atoms with Crippen LogP contribution in [0.15, 0.2) is 5.51 Å². The second-order valence-electron chi connectivity index (χ2n) is 6.05. The number of aryl methyl sites for hydroxylation is 1. The summed E-state index contributed by atoms with van der Waals surface area (Å²) in [5, 5.41) is 12.3. The van der Waals surface area contributed by atoms with E-state index < -0.39 is 17.4 Å². The van der Waals surface area contributed by atoms with Crippen molar-refractivity contribution in [2.24, 2.45) is 5.41 Å². The number of nitrogens with zero attached hydrogens (tertiary/aromatic N) is 2. The number of urea groups is 1. The van der Waals surface area contributed by atoms with Gasteiger partial charge in [-0.05, 0) is 25.2 Å². The molecule has 2 N–H and O–H groups in total. The highest BCUT2D eigenvalue weighted by molar-refractivity contribution is 7.09. The molecule has 0 aliphatic carbocycles. The maximum absolute atomic E-state index is 12.3. The molecule has 21 heavy (non-hydrogen) atoms. The molecular weight excluding hydrogens is 290 g/mol. The van der Waals surface area contributed by atoms with Crippen molar-refractivity contribution in [2.75, 3.05) is 6.54 Å². The van der Waals surface area contributed by atoms with Gasteiger partial charge in [-0.1, -0.05) is 13.8 Å². The predicted octanol–water partition coefficient (Wildman–Crippen LogP) is 2.24. The molecule has 1 aromatic rings. The molecule has 0 radical (unpaired) electrons. The lowest BCUT2D eigenvalue weighted by Crippen LogP contribution is -2.58. The fourth-order valence-electron chi connectivity index (χ4n) is 2.83. The number of rotatable bonds is 3. The van der Waals surface area contributed by atoms with Gasteiger partial charge in [0.1, 0.15) is 6.04 Å². The van der Waals surface area contributed by atoms with Gasteiger partial charge in [0.25, 0.3) is 0 Å². The molecule has 1 fully saturated rings. The highest BCUT2D eigenvalue weighted by Gasteiger charge is 2.44. The van der Waals surface area contributed by atoms with Crippen molar-refractivity contribution < 1.29 is 14.7 Å². The Hall–Kier alpha value is -1.63. The number of carbonyl (C=O) groups excluding carboxylic acids is 1. The number of aliphatic carboxylic acids is 1. The van der Waals surface area contributed by atoms with Crippen molar-refractivity contribution in [1.29, 1.82) is 0 Å². The first kappa shape index (κ1) is 15.8. The van der Waals surface area contributed by atoms with Gasteiger partial charge >= 0.3 is 12.0 Å². The Labute approximate surface area is 128 Å². The standard InChI is InChI=1S/C14H21N3O3S/c1-9-10(21-8-16-9)7-15-13(20)17-6-4-5-14(2,3)11(17)12(18)19/h8,11H,4-7H2,1-3H3,(H,15,20)(H,18,19). The minimum atomic E-state index is -0.941. The Morgan fingerprint density at radius 3 is 2.86 bits per heavy atom. The lowest BCUT2D eigenvalue weighted by Gasteiger charge is -2.43. The largest absolute Gasteiger partial charge is 0.480 e. The topological polar surface area (TPSA) is 82.5 Å². The summed E-state index contributed by atoms with van der Waals surface area (Å²) in [5.41, 5.74) is 2.22. The quantitative estimate of drug-likeness (QED) is 0.897. The highest BCUT2D eigenvalue weighted by atomic mass is 32.1. The number of aromatic nitrogens is 1. The third-order valence-electron chi connectivity index (χ3n) is 4.01. The van der Waals surface area contributed by atoms with Crippen molar-refractivity contribution in [3.63, 3.8) is 0 Å². The number of hydrogen-bond acceptors (Lipinski definition) is 4. The second kappa shape index (κ2) is 6.01. The van der Waals surface area contributed by atoms with Gasteiger partial charge in [-0.25, -0.2) is 14.6 Å². The highest BCUT2D eigenvalue weighted by Crippen LogP contribution is 2.35. The number of carbonyl (C=O) groups is 2. The van der Waals surface area contributed by atoms with E-state index in [-0.39, 0.29) is 6.03 Å². The SMILES string of the molecule is Cc1ncsc1CNC(=O)N1CCCC(C)(C)C1C(=O)O. The molecule has 1 saturated heterocycles. The molecule has 0 spiro atoms. The summed E-state index contributed by atoms with van der Waals surface area (Å²) >= 11 is 1.48. The molecule has 2 heterocycles. The third-order valence-corrected chi connectivity index (χ3v) is 4.95. The maximum atomic E-state index is 12.3. The van der Waals surface area contributed by atoms with E-state index in [9.17, 15) is 14.7 Å². The fraction of sp³-hybridized carbons (Fsp3) is 0.643. The number of hydrogen-bond donors (Lipinski definition) is 2. The molecule has 0 saturated carbocycles. The average molecular weight is 311 g/mol. The summed E-state index contributed by atoms with van der Waals surface area (Å²) in [6, 6.07) is -1.10. The van der Waals surface area contributed by atoms with E-state index in [1.807, 2.05) is 20.8 Å². The van der Waals surface area contributed by atoms with Crippen LogP contribution in [0.25, 0.3) is 0 Å². The van der Waals surface area contributed by atoms with E-state index in [2.05, 4.69) is 10.3 Å². The Morgan fingerprint density at radius 1 is 1.57 bits per heavy atom. The van der Waals surface area contributed by atoms with Gasteiger partial charge in [0.15, 0.2) is 0 Å². The molecule has 1 aliphatic heterocycles. The predicted molar refractivity (Wildman–Crippen MR) is 80.2 cm³/mol. The number of nitrogens with one attached hydrogen (secondary N) is 1. The van der Waals surface area contributed by atoms with E-state index >= 15 is 0 Å². The van der Waals surface area contributed by atoms with Crippen LogP contribution in [0.2, 0.25) is 0 Å². The van der Waals surface area contributed by atoms with Crippen molar-refractivity contribution in [3.05, 3.63) is 16.1 Å². The molecule has 2 rings (SSSR count). The molecule has 1 atom stereocenters. The average Bonchev–Trinajstić information content (AvgIpc) is 2.79. The van der Waals surface area contributed by atoms with Crippen molar-refractivity contribution in [1.82, 2.24) is 15.2 Å². The summed E-state index contributed by atoms with van der Waals surface area (Å²) in [6.07, 6.45) is 1.63. The van der Waals surface area contributed by atoms with E-state index in [1.165, 1.54) is 16.2 Å². The van der Waals surface area contributed by atoms with E-state index in [0.717, 1.165) is 23.4 Å². The van der Waals surface area contributed by atoms with Gasteiger partial charge in [-0.2, -0.15) is 0 Å². The lowest BCUT2D eigenvalue weighted by molar-refractivity contribution is -0.148. The van der Waals surface area contributed by atoms with Crippen LogP contribution in [0.4, 0.5) is 4.79 Å². The number of carboxylic acids is 1. The van der Waals surface area contributed by atoms with Crippen LogP contribution in [0, 0.1) is 12.3 Å². The van der Waals surface area contributed by atoms with Gasteiger partial charge < -0.3 is 15.3 Å². The van der Waals surface area contributed by atoms with Crippen LogP contribution in [0.1, 0.15) is 37.3 Å². The molecule has 1 aliphatic rings. The molecular formula is C14H21N3O3S. The number of carboxylic acid groups (broad SMARTS) is 1. The molecule has 1 aromatic heterocycles. The number of thiazole rings is 1. The van der Waals surface area contributed by atoms with Crippen molar-refractivity contribution in [3.8, 4) is 0 Å². The normalized spacial score (nSPS) is 21.1. The van der Waals surface area contributed by atoms with Gasteiger partial charge in [0.05, 0.1) is 17.7 Å². The van der Waals surface area contributed by atoms with E-state index in [4.69, 9.17) is 0 Å². The monoisotopic (exact) mass is 311 g/mol. The lowest BCUT2D eigenvalue weighted by atomic mass is 9.76. The summed E-state index contributed by atoms with van der Waals surface area (Å²) < 4.78 is 0. The summed E-state index contributed by atoms with van der Waals surface area (Å²) in [7, 11) is 0. The number of likely N-dealkylation sites (tertiary alicyclic amines) is 1. The Kier molecular flexibility index (Phi) is 4.51. The maximum Gasteiger partial charge on any atom is 0.327 e. The number of piperidine rings is 1. The Bertz CT molecular complexity index is 541. The zero-order chi connectivity index (χ0) is 15.6. The smallest absolute Gasteiger partial charge is 0.327 e. The summed E-state index contributed by atoms with van der Waals surface area (Å²) in [4.78, 5) is 30.5. The first-order chi connectivity index (χ1) is 9.83. The summed E-state index contributed by atoms with van der Waals surface area (Å²) in [5.74, 6) is -0.941. The van der Waals surface area contributed by atoms with Crippen molar-refractivity contribution >= 4 is 23.3 Å². The second-order valence-corrected chi connectivity index (χ2v) is 6.99. The zero-order valence-electron chi connectivity index (χ0n) is 12.5. The first-order valence-electron chi connectivity index (χ1n) is 6.99. The number of amides is 2. The molecule has 2 amide bonds. The Morgan fingerprint density at radius 2 is 2.29 bits per heavy atom. The minimum Gasteiger partial charge on any atom is -0.480 e. The molecule has 0 aromatic carbocycles. The van der Waals surface area contributed by atoms with E-state index in [0.29, 0.717) is 13.1 Å². The van der Waals surface area contributed by atoms with Crippen LogP contribution < -0.4 is 5.32 Å². The zero-order valence-corrected chi connectivity index (χ0v) is 13.4. The van der Waals surface area contributed by atoms with Crippen LogP contribution in [-0.4, -0.2) is 39.6 Å². The molecule has 0 bridgehead atoms. The third kappa shape index (κ3) is 3.34. The molecule has 1 unspecified atom stereocenters. The minimum absolute atomic E-state index is 0.317. The van der Waals surface area contributed by atoms with Gasteiger partial charge in [0, 0.05) is 11.4 Å².